The largest absolute Gasteiger partial charge is 0.489 e. The summed E-state index contributed by atoms with van der Waals surface area (Å²) in [6.45, 7) is 0.417. The van der Waals surface area contributed by atoms with E-state index in [1.165, 1.54) is 18.2 Å². The van der Waals surface area contributed by atoms with Gasteiger partial charge in [-0.3, -0.25) is 15.0 Å². The molecule has 1 heterocycles. The second-order valence-electron chi connectivity index (χ2n) is 6.81. The molecule has 4 rings (SSSR count). The second kappa shape index (κ2) is 9.76. The van der Waals surface area contributed by atoms with Crippen LogP contribution in [0.3, 0.4) is 0 Å². The maximum atomic E-state index is 13.4. The average molecular weight is 465 g/mol. The van der Waals surface area contributed by atoms with Gasteiger partial charge < -0.3 is 4.74 Å². The molecule has 0 spiro atoms. The first kappa shape index (κ1) is 21.7. The summed E-state index contributed by atoms with van der Waals surface area (Å²) in [5.74, 6) is -0.740. The molecule has 0 unspecified atom stereocenters. The third-order valence-corrected chi connectivity index (χ3v) is 5.82. The number of halogens is 1. The first-order valence-corrected chi connectivity index (χ1v) is 10.8. The molecule has 1 saturated heterocycles. The SMILES string of the molecule is O=C(NN1C(=O)/C(=C\c2cccc(F)c2)SC1=S)c1ccc(OCc2ccccc2)cc1. The number of amides is 2. The molecule has 0 saturated carbocycles. The predicted octanol–water partition coefficient (Wildman–Crippen LogP) is 4.95. The quantitative estimate of drug-likeness (QED) is 0.413. The Morgan fingerprint density at radius 2 is 1.81 bits per heavy atom. The van der Waals surface area contributed by atoms with Gasteiger partial charge in [0.15, 0.2) is 4.32 Å². The highest BCUT2D eigenvalue weighted by Crippen LogP contribution is 2.31. The molecule has 1 N–H and O–H groups in total. The Morgan fingerprint density at radius 1 is 1.06 bits per heavy atom. The number of hydrogen-bond acceptors (Lipinski definition) is 5. The molecule has 0 aliphatic carbocycles. The van der Waals surface area contributed by atoms with E-state index in [-0.39, 0.29) is 4.32 Å². The predicted molar refractivity (Wildman–Crippen MR) is 126 cm³/mol. The lowest BCUT2D eigenvalue weighted by Gasteiger charge is -2.15. The maximum Gasteiger partial charge on any atom is 0.285 e. The molecule has 0 atom stereocenters. The zero-order valence-corrected chi connectivity index (χ0v) is 18.3. The van der Waals surface area contributed by atoms with Crippen molar-refractivity contribution in [2.75, 3.05) is 0 Å². The summed E-state index contributed by atoms with van der Waals surface area (Å²) < 4.78 is 19.3. The van der Waals surface area contributed by atoms with Gasteiger partial charge >= 0.3 is 0 Å². The van der Waals surface area contributed by atoms with Crippen LogP contribution in [-0.4, -0.2) is 21.1 Å². The second-order valence-corrected chi connectivity index (χ2v) is 8.49. The number of thiocarbonyl (C=S) groups is 1. The molecule has 160 valence electrons. The van der Waals surface area contributed by atoms with Crippen molar-refractivity contribution in [3.63, 3.8) is 0 Å². The summed E-state index contributed by atoms with van der Waals surface area (Å²) in [6, 6.07) is 22.2. The van der Waals surface area contributed by atoms with Crippen molar-refractivity contribution in [2.24, 2.45) is 0 Å². The molecule has 1 aliphatic heterocycles. The number of carbonyl (C=O) groups excluding carboxylic acids is 2. The molecule has 2 amide bonds. The number of ether oxygens (including phenoxy) is 1. The molecule has 3 aromatic carbocycles. The summed E-state index contributed by atoms with van der Waals surface area (Å²) >= 11 is 6.26. The summed E-state index contributed by atoms with van der Waals surface area (Å²) in [5.41, 5.74) is 4.44. The number of benzene rings is 3. The van der Waals surface area contributed by atoms with Crippen molar-refractivity contribution >= 4 is 46.2 Å². The highest BCUT2D eigenvalue weighted by atomic mass is 32.2. The van der Waals surface area contributed by atoms with Crippen LogP contribution in [0.2, 0.25) is 0 Å². The number of rotatable bonds is 6. The number of nitrogens with zero attached hydrogens (tertiary/aromatic N) is 1. The van der Waals surface area contributed by atoms with Crippen LogP contribution in [0, 0.1) is 5.82 Å². The van der Waals surface area contributed by atoms with Crippen molar-refractivity contribution < 1.29 is 18.7 Å². The number of hydrogen-bond donors (Lipinski definition) is 1. The normalized spacial score (nSPS) is 14.7. The van der Waals surface area contributed by atoms with Gasteiger partial charge in [-0.25, -0.2) is 4.39 Å². The van der Waals surface area contributed by atoms with E-state index in [1.54, 1.807) is 36.4 Å². The summed E-state index contributed by atoms with van der Waals surface area (Å²) in [6.07, 6.45) is 1.54. The topological polar surface area (TPSA) is 58.6 Å². The molecule has 0 aromatic heterocycles. The van der Waals surface area contributed by atoms with Crippen molar-refractivity contribution in [2.45, 2.75) is 6.61 Å². The van der Waals surface area contributed by atoms with E-state index >= 15 is 0 Å². The van der Waals surface area contributed by atoms with Crippen LogP contribution in [0.15, 0.2) is 83.8 Å². The number of nitrogens with one attached hydrogen (secondary N) is 1. The Morgan fingerprint density at radius 3 is 2.53 bits per heavy atom. The molecular formula is C24H17FN2O3S2. The van der Waals surface area contributed by atoms with Crippen LogP contribution in [-0.2, 0) is 11.4 Å². The smallest absolute Gasteiger partial charge is 0.285 e. The highest BCUT2D eigenvalue weighted by molar-refractivity contribution is 8.26. The molecule has 0 bridgehead atoms. The number of hydrazine groups is 1. The van der Waals surface area contributed by atoms with Crippen LogP contribution < -0.4 is 10.2 Å². The standard InChI is InChI=1S/C24H17FN2O3S2/c25-19-8-4-7-17(13-19)14-21-23(29)27(24(31)32-21)26-22(28)18-9-11-20(12-10-18)30-15-16-5-2-1-3-6-16/h1-14H,15H2,(H,26,28)/b21-14+. The first-order valence-electron chi connectivity index (χ1n) is 9.61. The minimum atomic E-state index is -0.483. The van der Waals surface area contributed by atoms with Crippen molar-refractivity contribution in [3.8, 4) is 5.75 Å². The van der Waals surface area contributed by atoms with Gasteiger partial charge in [0.25, 0.3) is 11.8 Å². The zero-order valence-electron chi connectivity index (χ0n) is 16.7. The van der Waals surface area contributed by atoms with Gasteiger partial charge in [0.2, 0.25) is 0 Å². The molecule has 1 aliphatic rings. The van der Waals surface area contributed by atoms with E-state index in [9.17, 15) is 14.0 Å². The lowest BCUT2D eigenvalue weighted by molar-refractivity contribution is -0.123. The minimum absolute atomic E-state index is 0.189. The highest BCUT2D eigenvalue weighted by Gasteiger charge is 2.33. The van der Waals surface area contributed by atoms with Crippen molar-refractivity contribution in [1.29, 1.82) is 0 Å². The number of carbonyl (C=O) groups is 2. The van der Waals surface area contributed by atoms with Gasteiger partial charge in [0.1, 0.15) is 18.2 Å². The molecule has 5 nitrogen and oxygen atoms in total. The first-order chi connectivity index (χ1) is 15.5. The Bertz CT molecular complexity index is 1200. The molecule has 8 heteroatoms. The van der Waals surface area contributed by atoms with Gasteiger partial charge in [0, 0.05) is 5.56 Å². The van der Waals surface area contributed by atoms with E-state index in [0.29, 0.717) is 28.4 Å². The van der Waals surface area contributed by atoms with E-state index in [2.05, 4.69) is 5.43 Å². The molecule has 0 radical (unpaired) electrons. The van der Waals surface area contributed by atoms with E-state index in [1.807, 2.05) is 30.3 Å². The van der Waals surface area contributed by atoms with Gasteiger partial charge in [-0.2, -0.15) is 5.01 Å². The summed E-state index contributed by atoms with van der Waals surface area (Å²) in [4.78, 5) is 25.6. The third kappa shape index (κ3) is 5.22. The van der Waals surface area contributed by atoms with Gasteiger partial charge in [-0.15, -0.1) is 0 Å². The Kier molecular flexibility index (Phi) is 6.63. The Balaban J connectivity index is 1.39. The van der Waals surface area contributed by atoms with Gasteiger partial charge in [-0.05, 0) is 65.8 Å². The maximum absolute atomic E-state index is 13.4. The van der Waals surface area contributed by atoms with E-state index in [4.69, 9.17) is 17.0 Å². The molecule has 1 fully saturated rings. The molecule has 32 heavy (non-hydrogen) atoms. The van der Waals surface area contributed by atoms with Crippen molar-refractivity contribution in [3.05, 3.63) is 106 Å². The van der Waals surface area contributed by atoms with Crippen LogP contribution in [0.4, 0.5) is 4.39 Å². The van der Waals surface area contributed by atoms with Crippen LogP contribution in [0.5, 0.6) is 5.75 Å². The zero-order chi connectivity index (χ0) is 22.5. The summed E-state index contributed by atoms with van der Waals surface area (Å²) in [7, 11) is 0. The minimum Gasteiger partial charge on any atom is -0.489 e. The average Bonchev–Trinajstić information content (AvgIpc) is 3.06. The van der Waals surface area contributed by atoms with Crippen LogP contribution in [0.25, 0.3) is 6.08 Å². The molecular weight excluding hydrogens is 447 g/mol. The lowest BCUT2D eigenvalue weighted by atomic mass is 10.2. The monoisotopic (exact) mass is 464 g/mol. The van der Waals surface area contributed by atoms with Gasteiger partial charge in [0.05, 0.1) is 4.91 Å². The van der Waals surface area contributed by atoms with Gasteiger partial charge in [-0.1, -0.05) is 54.2 Å². The lowest BCUT2D eigenvalue weighted by Crippen LogP contribution is -2.44. The van der Waals surface area contributed by atoms with Crippen molar-refractivity contribution in [1.82, 2.24) is 10.4 Å². The van der Waals surface area contributed by atoms with E-state index < -0.39 is 17.6 Å². The molecule has 3 aromatic rings. The van der Waals surface area contributed by atoms with E-state index in [0.717, 1.165) is 22.3 Å². The fourth-order valence-electron chi connectivity index (χ4n) is 2.92. The fraction of sp³-hybridized carbons (Fsp3) is 0.0417. The van der Waals surface area contributed by atoms with Crippen LogP contribution >= 0.6 is 24.0 Å². The number of thioether (sulfide) groups is 1. The fourth-order valence-corrected chi connectivity index (χ4v) is 4.10. The Labute approximate surface area is 193 Å². The third-order valence-electron chi connectivity index (χ3n) is 4.52. The van der Waals surface area contributed by atoms with Crippen LogP contribution in [0.1, 0.15) is 21.5 Å². The Hall–Kier alpha value is -3.49. The summed E-state index contributed by atoms with van der Waals surface area (Å²) in [5, 5.41) is 1.02.